The van der Waals surface area contributed by atoms with Gasteiger partial charge in [-0.05, 0) is 29.9 Å². The second-order valence-electron chi connectivity index (χ2n) is 5.24. The van der Waals surface area contributed by atoms with E-state index in [2.05, 4.69) is 4.98 Å². The van der Waals surface area contributed by atoms with Crippen molar-refractivity contribution in [2.75, 3.05) is 27.1 Å². The van der Waals surface area contributed by atoms with E-state index in [9.17, 15) is 4.79 Å². The number of nitrogens with one attached hydrogen (secondary N) is 1. The number of ether oxygens (including phenoxy) is 3. The molecule has 2 heterocycles. The van der Waals surface area contributed by atoms with Crippen LogP contribution in [0.5, 0.6) is 11.5 Å². The highest BCUT2D eigenvalue weighted by Crippen LogP contribution is 2.48. The fourth-order valence-corrected chi connectivity index (χ4v) is 5.72. The normalized spacial score (nSPS) is 19.5. The third kappa shape index (κ3) is 3.05. The van der Waals surface area contributed by atoms with Crippen molar-refractivity contribution in [2.45, 2.75) is 10.9 Å². The number of carbonyl (C=O) groups is 1. The fraction of sp³-hybridized carbons (Fsp3) is 0.375. The van der Waals surface area contributed by atoms with Gasteiger partial charge >= 0.3 is 5.97 Å². The Morgan fingerprint density at radius 3 is 2.67 bits per heavy atom. The van der Waals surface area contributed by atoms with Gasteiger partial charge in [0.25, 0.3) is 0 Å². The molecule has 2 unspecified atom stereocenters. The molecule has 1 N–H and O–H groups in total. The van der Waals surface area contributed by atoms with E-state index in [4.69, 9.17) is 26.4 Å². The summed E-state index contributed by atoms with van der Waals surface area (Å²) in [4.78, 5) is 16.6. The minimum absolute atomic E-state index is 0.119. The number of thioether (sulfide) groups is 1. The Balaban J connectivity index is 2.13. The summed E-state index contributed by atoms with van der Waals surface area (Å²) in [5.74, 6) is 1.33. The van der Waals surface area contributed by atoms with Gasteiger partial charge in [0.15, 0.2) is 15.5 Å². The van der Waals surface area contributed by atoms with E-state index in [1.54, 1.807) is 26.0 Å². The van der Waals surface area contributed by atoms with Gasteiger partial charge < -0.3 is 19.2 Å². The number of H-pyrrole nitrogens is 1. The summed E-state index contributed by atoms with van der Waals surface area (Å²) < 4.78 is 16.5. The highest BCUT2D eigenvalue weighted by atomic mass is 32.2. The lowest BCUT2D eigenvalue weighted by Gasteiger charge is -2.29. The number of hydrogen-bond acceptors (Lipinski definition) is 7. The zero-order valence-corrected chi connectivity index (χ0v) is 15.9. The Morgan fingerprint density at radius 2 is 2.00 bits per heavy atom. The molecule has 0 bridgehead atoms. The Hall–Kier alpha value is -1.51. The van der Waals surface area contributed by atoms with Crippen molar-refractivity contribution in [3.05, 3.63) is 32.6 Å². The topological polar surface area (TPSA) is 60.6 Å². The molecule has 3 rings (SSSR count). The number of aromatic nitrogens is 1. The first-order valence-corrected chi connectivity index (χ1v) is 9.45. The van der Waals surface area contributed by atoms with E-state index in [1.165, 1.54) is 18.4 Å². The molecule has 5 nitrogen and oxygen atoms in total. The second-order valence-corrected chi connectivity index (χ2v) is 7.99. The molecule has 1 aliphatic heterocycles. The van der Waals surface area contributed by atoms with Gasteiger partial charge in [-0.1, -0.05) is 6.07 Å². The molecule has 1 aromatic heterocycles. The molecule has 0 radical (unpaired) electrons. The number of esters is 1. The smallest absolute Gasteiger partial charge is 0.310 e. The average Bonchev–Trinajstić information content (AvgIpc) is 2.99. The van der Waals surface area contributed by atoms with Gasteiger partial charge in [-0.2, -0.15) is 0 Å². The summed E-state index contributed by atoms with van der Waals surface area (Å²) in [5.41, 5.74) is 0.981. The van der Waals surface area contributed by atoms with E-state index in [0.29, 0.717) is 21.2 Å². The first-order valence-electron chi connectivity index (χ1n) is 7.24. The van der Waals surface area contributed by atoms with Gasteiger partial charge in [-0.15, -0.1) is 23.1 Å². The van der Waals surface area contributed by atoms with Crippen LogP contribution in [0, 0.1) is 9.87 Å². The predicted octanol–water partition coefficient (Wildman–Crippen LogP) is 3.85. The number of rotatable bonds is 4. The van der Waals surface area contributed by atoms with Gasteiger partial charge in [0, 0.05) is 16.5 Å². The van der Waals surface area contributed by atoms with Crippen LogP contribution in [0.1, 0.15) is 16.4 Å². The lowest BCUT2D eigenvalue weighted by Crippen LogP contribution is -2.29. The van der Waals surface area contributed by atoms with Gasteiger partial charge in [0.1, 0.15) is 0 Å². The van der Waals surface area contributed by atoms with Gasteiger partial charge in [0.2, 0.25) is 0 Å². The van der Waals surface area contributed by atoms with Crippen molar-refractivity contribution in [3.63, 3.8) is 0 Å². The van der Waals surface area contributed by atoms with Crippen LogP contribution in [0.2, 0.25) is 0 Å². The number of aromatic amines is 1. The summed E-state index contributed by atoms with van der Waals surface area (Å²) in [7, 11) is 4.62. The summed E-state index contributed by atoms with van der Waals surface area (Å²) >= 11 is 8.41. The molecule has 0 amide bonds. The highest BCUT2D eigenvalue weighted by molar-refractivity contribution is 7.99. The van der Waals surface area contributed by atoms with Gasteiger partial charge in [-0.3, -0.25) is 4.79 Å². The molecule has 24 heavy (non-hydrogen) atoms. The number of carbonyl (C=O) groups excluding carboxylic acids is 1. The molecule has 1 aromatic carbocycles. The maximum atomic E-state index is 12.3. The van der Waals surface area contributed by atoms with Gasteiger partial charge in [-0.25, -0.2) is 0 Å². The Labute approximate surface area is 153 Å². The zero-order chi connectivity index (χ0) is 17.3. The van der Waals surface area contributed by atoms with E-state index in [-0.39, 0.29) is 17.8 Å². The molecule has 0 saturated carbocycles. The van der Waals surface area contributed by atoms with Crippen LogP contribution >= 0.6 is 35.3 Å². The van der Waals surface area contributed by atoms with Crippen LogP contribution < -0.4 is 9.47 Å². The molecular formula is C16H17NO4S3. The van der Waals surface area contributed by atoms with E-state index < -0.39 is 0 Å². The molecular weight excluding hydrogens is 366 g/mol. The quantitative estimate of drug-likeness (QED) is 0.639. The highest BCUT2D eigenvalue weighted by Gasteiger charge is 2.38. The third-order valence-electron chi connectivity index (χ3n) is 4.00. The zero-order valence-electron chi connectivity index (χ0n) is 13.5. The van der Waals surface area contributed by atoms with Crippen LogP contribution in [-0.4, -0.2) is 38.0 Å². The van der Waals surface area contributed by atoms with E-state index in [0.717, 1.165) is 15.5 Å². The number of benzene rings is 1. The molecule has 0 spiro atoms. The third-order valence-corrected chi connectivity index (χ3v) is 6.59. The Kier molecular flexibility index (Phi) is 5.17. The Morgan fingerprint density at radius 1 is 1.25 bits per heavy atom. The molecule has 128 valence electrons. The maximum absolute atomic E-state index is 12.3. The van der Waals surface area contributed by atoms with Crippen molar-refractivity contribution in [1.82, 2.24) is 4.98 Å². The van der Waals surface area contributed by atoms with Crippen LogP contribution in [-0.2, 0) is 9.53 Å². The van der Waals surface area contributed by atoms with Crippen LogP contribution in [0.3, 0.4) is 0 Å². The summed E-state index contributed by atoms with van der Waals surface area (Å²) in [6, 6.07) is 5.74. The predicted molar refractivity (Wildman–Crippen MR) is 97.1 cm³/mol. The maximum Gasteiger partial charge on any atom is 0.310 e. The van der Waals surface area contributed by atoms with Crippen molar-refractivity contribution in [3.8, 4) is 11.5 Å². The van der Waals surface area contributed by atoms with Crippen molar-refractivity contribution in [1.29, 1.82) is 0 Å². The van der Waals surface area contributed by atoms with Crippen molar-refractivity contribution < 1.29 is 19.0 Å². The standard InChI is InChI=1S/C16H17NO4S3/c1-19-10-5-4-8(6-11(10)20-2)12-9(15(18)21-3)7-23-14-13(12)24-16(22)17-14/h4-6,9,12H,7H2,1-3H3,(H,17,22). The van der Waals surface area contributed by atoms with Crippen LogP contribution in [0.4, 0.5) is 0 Å². The van der Waals surface area contributed by atoms with Crippen LogP contribution in [0.25, 0.3) is 0 Å². The molecule has 2 atom stereocenters. The minimum atomic E-state index is -0.271. The van der Waals surface area contributed by atoms with E-state index >= 15 is 0 Å². The second kappa shape index (κ2) is 7.16. The molecule has 1 aliphatic rings. The average molecular weight is 384 g/mol. The first-order chi connectivity index (χ1) is 11.6. The summed E-state index contributed by atoms with van der Waals surface area (Å²) in [5, 5.41) is 1.03. The number of methoxy groups -OCH3 is 3. The molecule has 0 aliphatic carbocycles. The lowest BCUT2D eigenvalue weighted by molar-refractivity contribution is -0.145. The fourth-order valence-electron chi connectivity index (χ4n) is 2.88. The molecule has 0 saturated heterocycles. The molecule has 8 heteroatoms. The summed E-state index contributed by atoms with van der Waals surface area (Å²) in [6.45, 7) is 0. The van der Waals surface area contributed by atoms with Crippen LogP contribution in [0.15, 0.2) is 23.2 Å². The minimum Gasteiger partial charge on any atom is -0.493 e. The van der Waals surface area contributed by atoms with E-state index in [1.807, 2.05) is 18.2 Å². The molecule has 0 fully saturated rings. The molecule has 2 aromatic rings. The largest absolute Gasteiger partial charge is 0.493 e. The monoisotopic (exact) mass is 383 g/mol. The number of thiazole rings is 1. The lowest BCUT2D eigenvalue weighted by atomic mass is 9.85. The Bertz CT molecular complexity index is 814. The first kappa shape index (κ1) is 17.3. The summed E-state index contributed by atoms with van der Waals surface area (Å²) in [6.07, 6.45) is 0. The SMILES string of the molecule is COC(=O)C1CSc2[nH]c(=S)sc2C1c1ccc(OC)c(OC)c1. The van der Waals surface area contributed by atoms with Crippen molar-refractivity contribution in [2.24, 2.45) is 5.92 Å². The number of fused-ring (bicyclic) bond motifs is 1. The van der Waals surface area contributed by atoms with Crippen molar-refractivity contribution >= 4 is 41.3 Å². The number of hydrogen-bond donors (Lipinski definition) is 1. The van der Waals surface area contributed by atoms with Gasteiger partial charge in [0.05, 0.1) is 32.3 Å².